The lowest BCUT2D eigenvalue weighted by atomic mass is 9.98. The van der Waals surface area contributed by atoms with E-state index in [1.54, 1.807) is 6.26 Å². The molecule has 1 unspecified atom stereocenters. The average Bonchev–Trinajstić information content (AvgIpc) is 2.78. The number of nitrogens with two attached hydrogens (primary N) is 1. The number of furan rings is 1. The van der Waals surface area contributed by atoms with Crippen LogP contribution in [-0.4, -0.2) is 0 Å². The lowest BCUT2D eigenvalue weighted by Gasteiger charge is -2.15. The molecule has 0 aliphatic rings. The van der Waals surface area contributed by atoms with Crippen LogP contribution < -0.4 is 11.3 Å². The number of benzene rings is 1. The van der Waals surface area contributed by atoms with E-state index < -0.39 is 0 Å². The molecule has 18 heavy (non-hydrogen) atoms. The molecule has 96 valence electrons. The summed E-state index contributed by atoms with van der Waals surface area (Å²) in [7, 11) is 0. The van der Waals surface area contributed by atoms with E-state index in [0.29, 0.717) is 5.92 Å². The maximum absolute atomic E-state index is 5.63. The Morgan fingerprint density at radius 1 is 1.11 bits per heavy atom. The SMILES string of the molecule is CC(C)c1ccc(C(NN)c2occc2Br)cc1. The van der Waals surface area contributed by atoms with Gasteiger partial charge in [0.25, 0.3) is 0 Å². The van der Waals surface area contributed by atoms with Crippen LogP contribution in [-0.2, 0) is 0 Å². The Balaban J connectivity index is 2.31. The minimum Gasteiger partial charge on any atom is -0.466 e. The number of hydrazine groups is 1. The largest absolute Gasteiger partial charge is 0.466 e. The Bertz CT molecular complexity index is 505. The lowest BCUT2D eigenvalue weighted by Crippen LogP contribution is -2.28. The van der Waals surface area contributed by atoms with Crippen LogP contribution in [0.4, 0.5) is 0 Å². The van der Waals surface area contributed by atoms with Gasteiger partial charge >= 0.3 is 0 Å². The molecule has 0 amide bonds. The van der Waals surface area contributed by atoms with Crippen molar-refractivity contribution < 1.29 is 4.42 Å². The van der Waals surface area contributed by atoms with Crippen molar-refractivity contribution in [1.82, 2.24) is 5.43 Å². The van der Waals surface area contributed by atoms with Crippen molar-refractivity contribution in [2.75, 3.05) is 0 Å². The molecule has 0 bridgehead atoms. The zero-order chi connectivity index (χ0) is 13.1. The van der Waals surface area contributed by atoms with Gasteiger partial charge in [0.2, 0.25) is 0 Å². The molecule has 0 aliphatic carbocycles. The Morgan fingerprint density at radius 2 is 1.72 bits per heavy atom. The first-order valence-corrected chi connectivity index (χ1v) is 6.71. The fraction of sp³-hybridized carbons (Fsp3) is 0.286. The van der Waals surface area contributed by atoms with Gasteiger partial charge in [-0.1, -0.05) is 38.1 Å². The van der Waals surface area contributed by atoms with E-state index in [9.17, 15) is 0 Å². The van der Waals surface area contributed by atoms with Crippen molar-refractivity contribution in [2.45, 2.75) is 25.8 Å². The van der Waals surface area contributed by atoms with Crippen molar-refractivity contribution in [2.24, 2.45) is 5.84 Å². The van der Waals surface area contributed by atoms with Gasteiger partial charge in [0.1, 0.15) is 11.8 Å². The van der Waals surface area contributed by atoms with E-state index in [1.165, 1.54) is 5.56 Å². The average molecular weight is 309 g/mol. The monoisotopic (exact) mass is 308 g/mol. The van der Waals surface area contributed by atoms with Crippen LogP contribution >= 0.6 is 15.9 Å². The van der Waals surface area contributed by atoms with Crippen molar-refractivity contribution in [3.05, 3.63) is 58.0 Å². The smallest absolute Gasteiger partial charge is 0.140 e. The van der Waals surface area contributed by atoms with E-state index in [4.69, 9.17) is 10.3 Å². The first-order chi connectivity index (χ1) is 8.63. The molecule has 0 radical (unpaired) electrons. The number of nitrogens with one attached hydrogen (secondary N) is 1. The van der Waals surface area contributed by atoms with Crippen molar-refractivity contribution >= 4 is 15.9 Å². The normalized spacial score (nSPS) is 12.9. The highest BCUT2D eigenvalue weighted by Gasteiger charge is 2.18. The standard InChI is InChI=1S/C14H17BrN2O/c1-9(2)10-3-5-11(6-4-10)13(17-16)14-12(15)7-8-18-14/h3-9,13,17H,16H2,1-2H3. The van der Waals surface area contributed by atoms with Crippen molar-refractivity contribution in [3.8, 4) is 0 Å². The van der Waals surface area contributed by atoms with Gasteiger partial charge in [0, 0.05) is 0 Å². The topological polar surface area (TPSA) is 51.2 Å². The summed E-state index contributed by atoms with van der Waals surface area (Å²) >= 11 is 3.45. The highest BCUT2D eigenvalue weighted by Crippen LogP contribution is 2.29. The van der Waals surface area contributed by atoms with Gasteiger partial charge < -0.3 is 4.42 Å². The Morgan fingerprint density at radius 3 is 2.17 bits per heavy atom. The molecule has 1 atom stereocenters. The molecule has 1 heterocycles. The third kappa shape index (κ3) is 2.66. The van der Waals surface area contributed by atoms with Crippen LogP contribution in [0.2, 0.25) is 0 Å². The van der Waals surface area contributed by atoms with Crippen LogP contribution in [0.5, 0.6) is 0 Å². The van der Waals surface area contributed by atoms with Gasteiger partial charge in [0.05, 0.1) is 10.7 Å². The number of halogens is 1. The highest BCUT2D eigenvalue weighted by molar-refractivity contribution is 9.10. The molecule has 4 heteroatoms. The van der Waals surface area contributed by atoms with Gasteiger partial charge in [-0.2, -0.15) is 0 Å². The minimum absolute atomic E-state index is 0.143. The van der Waals surface area contributed by atoms with Crippen LogP contribution in [0.15, 0.2) is 45.5 Å². The molecule has 0 aliphatic heterocycles. The fourth-order valence-electron chi connectivity index (χ4n) is 1.91. The predicted octanol–water partition coefficient (Wildman–Crippen LogP) is 3.72. The van der Waals surface area contributed by atoms with Gasteiger partial charge in [-0.15, -0.1) is 0 Å². The summed E-state index contributed by atoms with van der Waals surface area (Å²) in [5.74, 6) is 6.95. The lowest BCUT2D eigenvalue weighted by molar-refractivity contribution is 0.449. The van der Waals surface area contributed by atoms with Gasteiger partial charge in [-0.3, -0.25) is 5.84 Å². The van der Waals surface area contributed by atoms with E-state index in [-0.39, 0.29) is 6.04 Å². The first kappa shape index (κ1) is 13.3. The van der Waals surface area contributed by atoms with Crippen LogP contribution in [0.3, 0.4) is 0 Å². The summed E-state index contributed by atoms with van der Waals surface area (Å²) in [5.41, 5.74) is 5.18. The Hall–Kier alpha value is -1.10. The van der Waals surface area contributed by atoms with E-state index in [0.717, 1.165) is 15.8 Å². The number of hydrogen-bond donors (Lipinski definition) is 2. The van der Waals surface area contributed by atoms with E-state index in [1.807, 2.05) is 6.07 Å². The molecular formula is C14H17BrN2O. The first-order valence-electron chi connectivity index (χ1n) is 5.92. The maximum Gasteiger partial charge on any atom is 0.140 e. The number of rotatable bonds is 4. The number of hydrogen-bond acceptors (Lipinski definition) is 3. The van der Waals surface area contributed by atoms with Crippen molar-refractivity contribution in [3.63, 3.8) is 0 Å². The summed E-state index contributed by atoms with van der Waals surface area (Å²) in [4.78, 5) is 0. The Labute approximate surface area is 115 Å². The van der Waals surface area contributed by atoms with Crippen LogP contribution in [0.25, 0.3) is 0 Å². The molecule has 0 fully saturated rings. The fourth-order valence-corrected chi connectivity index (χ4v) is 2.34. The van der Waals surface area contributed by atoms with E-state index >= 15 is 0 Å². The van der Waals surface area contributed by atoms with Gasteiger partial charge in [-0.05, 0) is 39.0 Å². The molecule has 3 N–H and O–H groups in total. The molecule has 0 spiro atoms. The molecule has 2 aromatic rings. The summed E-state index contributed by atoms with van der Waals surface area (Å²) < 4.78 is 6.38. The van der Waals surface area contributed by atoms with Gasteiger partial charge in [-0.25, -0.2) is 5.43 Å². The molecular weight excluding hydrogens is 292 g/mol. The second-order valence-corrected chi connectivity index (χ2v) is 5.41. The summed E-state index contributed by atoms with van der Waals surface area (Å²) in [6, 6.07) is 10.1. The predicted molar refractivity (Wildman–Crippen MR) is 76.1 cm³/mol. The van der Waals surface area contributed by atoms with E-state index in [2.05, 4.69) is 59.5 Å². The van der Waals surface area contributed by atoms with Crippen molar-refractivity contribution in [1.29, 1.82) is 0 Å². The Kier molecular flexibility index (Phi) is 4.22. The maximum atomic E-state index is 5.63. The molecule has 2 rings (SSSR count). The molecule has 0 saturated carbocycles. The van der Waals surface area contributed by atoms with Crippen LogP contribution in [0.1, 0.15) is 42.7 Å². The zero-order valence-electron chi connectivity index (χ0n) is 10.5. The minimum atomic E-state index is -0.143. The summed E-state index contributed by atoms with van der Waals surface area (Å²) in [6.45, 7) is 4.35. The third-order valence-electron chi connectivity index (χ3n) is 3.01. The zero-order valence-corrected chi connectivity index (χ0v) is 12.1. The molecule has 0 saturated heterocycles. The molecule has 3 nitrogen and oxygen atoms in total. The van der Waals surface area contributed by atoms with Gasteiger partial charge in [0.15, 0.2) is 0 Å². The second-order valence-electron chi connectivity index (χ2n) is 4.55. The second kappa shape index (κ2) is 5.69. The highest BCUT2D eigenvalue weighted by atomic mass is 79.9. The van der Waals surface area contributed by atoms with Crippen LogP contribution in [0, 0.1) is 0 Å². The summed E-state index contributed by atoms with van der Waals surface area (Å²) in [6.07, 6.45) is 1.65. The quantitative estimate of drug-likeness (QED) is 0.668. The molecule has 1 aromatic carbocycles. The molecule has 1 aromatic heterocycles. The summed E-state index contributed by atoms with van der Waals surface area (Å²) in [5, 5.41) is 0. The third-order valence-corrected chi connectivity index (χ3v) is 3.67.